The quantitative estimate of drug-likeness (QED) is 0.464. The Kier molecular flexibility index (Phi) is 5.86. The van der Waals surface area contributed by atoms with Crippen molar-refractivity contribution in [2.45, 2.75) is 13.2 Å². The lowest BCUT2D eigenvalue weighted by Gasteiger charge is -2.10. The van der Waals surface area contributed by atoms with Gasteiger partial charge in [0.15, 0.2) is 0 Å². The van der Waals surface area contributed by atoms with Crippen LogP contribution in [0.15, 0.2) is 73.1 Å². The van der Waals surface area contributed by atoms with E-state index in [4.69, 9.17) is 22.1 Å². The highest BCUT2D eigenvalue weighted by Crippen LogP contribution is 2.19. The molecule has 0 fully saturated rings. The maximum Gasteiger partial charge on any atom is 0.252 e. The highest BCUT2D eigenvalue weighted by atomic mass is 35.5. The Hall–Kier alpha value is -3.84. The van der Waals surface area contributed by atoms with Crippen molar-refractivity contribution in [1.82, 2.24) is 14.7 Å². The maximum absolute atomic E-state index is 12.6. The number of carbonyl (C=O) groups is 2. The average Bonchev–Trinajstić information content (AvgIpc) is 3.18. The molecule has 31 heavy (non-hydrogen) atoms. The van der Waals surface area contributed by atoms with Gasteiger partial charge in [-0.15, -0.1) is 0 Å². The normalized spacial score (nSPS) is 10.7. The van der Waals surface area contributed by atoms with Crippen LogP contribution in [-0.2, 0) is 13.2 Å². The molecule has 0 radical (unpaired) electrons. The average molecular weight is 435 g/mol. The first-order chi connectivity index (χ1) is 15.0. The Morgan fingerprint density at radius 1 is 1.06 bits per heavy atom. The fourth-order valence-electron chi connectivity index (χ4n) is 3.13. The molecule has 0 saturated heterocycles. The van der Waals surface area contributed by atoms with Crippen molar-refractivity contribution in [2.24, 2.45) is 5.73 Å². The van der Waals surface area contributed by atoms with Crippen LogP contribution in [0.25, 0.3) is 5.65 Å². The van der Waals surface area contributed by atoms with E-state index < -0.39 is 5.91 Å². The van der Waals surface area contributed by atoms with E-state index in [9.17, 15) is 9.59 Å². The molecule has 0 spiro atoms. The first-order valence-electron chi connectivity index (χ1n) is 9.51. The Labute approximate surface area is 183 Å². The van der Waals surface area contributed by atoms with E-state index in [0.29, 0.717) is 21.9 Å². The first-order valence-corrected chi connectivity index (χ1v) is 9.89. The monoisotopic (exact) mass is 434 g/mol. The molecule has 4 aromatic rings. The van der Waals surface area contributed by atoms with Crippen molar-refractivity contribution in [1.29, 1.82) is 0 Å². The van der Waals surface area contributed by atoms with Gasteiger partial charge in [0.05, 0.1) is 22.8 Å². The zero-order valence-electron chi connectivity index (χ0n) is 16.4. The van der Waals surface area contributed by atoms with Gasteiger partial charge in [0.2, 0.25) is 0 Å². The maximum atomic E-state index is 12.6. The number of primary amides is 1. The van der Waals surface area contributed by atoms with E-state index in [2.05, 4.69) is 10.3 Å². The van der Waals surface area contributed by atoms with Crippen LogP contribution in [0.5, 0.6) is 5.75 Å². The van der Waals surface area contributed by atoms with Crippen LogP contribution in [-0.4, -0.2) is 21.2 Å². The minimum atomic E-state index is -0.557. The molecule has 2 aromatic heterocycles. The summed E-state index contributed by atoms with van der Waals surface area (Å²) in [5.41, 5.74) is 8.44. The summed E-state index contributed by atoms with van der Waals surface area (Å²) in [5.74, 6) is -0.385. The molecule has 4 rings (SSSR count). The molecule has 0 bridgehead atoms. The smallest absolute Gasteiger partial charge is 0.252 e. The predicted molar refractivity (Wildman–Crippen MR) is 117 cm³/mol. The summed E-state index contributed by atoms with van der Waals surface area (Å²) in [6.07, 6.45) is 3.58. The highest BCUT2D eigenvalue weighted by Gasteiger charge is 2.11. The zero-order valence-corrected chi connectivity index (χ0v) is 17.2. The molecular weight excluding hydrogens is 416 g/mol. The number of pyridine rings is 1. The molecule has 0 aliphatic rings. The number of amides is 2. The second kappa shape index (κ2) is 8.89. The van der Waals surface area contributed by atoms with Gasteiger partial charge in [-0.2, -0.15) is 0 Å². The molecular formula is C23H19ClN4O3. The molecule has 0 saturated carbocycles. The number of fused-ring (bicyclic) bond motifs is 1. The molecule has 0 unspecified atom stereocenters. The van der Waals surface area contributed by atoms with Gasteiger partial charge >= 0.3 is 0 Å². The second-order valence-electron chi connectivity index (χ2n) is 6.88. The van der Waals surface area contributed by atoms with E-state index in [-0.39, 0.29) is 19.1 Å². The minimum Gasteiger partial charge on any atom is -0.488 e. The summed E-state index contributed by atoms with van der Waals surface area (Å²) >= 11 is 5.99. The third kappa shape index (κ3) is 4.84. The van der Waals surface area contributed by atoms with Crippen molar-refractivity contribution >= 4 is 29.1 Å². The van der Waals surface area contributed by atoms with Crippen molar-refractivity contribution in [3.63, 3.8) is 0 Å². The number of nitrogens with two attached hydrogens (primary N) is 1. The molecule has 0 aliphatic heterocycles. The predicted octanol–water partition coefficient (Wildman–Crippen LogP) is 3.60. The number of aromatic nitrogens is 2. The van der Waals surface area contributed by atoms with Gasteiger partial charge in [-0.05, 0) is 42.0 Å². The van der Waals surface area contributed by atoms with Gasteiger partial charge in [0, 0.05) is 18.0 Å². The Balaban J connectivity index is 1.40. The lowest BCUT2D eigenvalue weighted by atomic mass is 10.1. The molecule has 0 atom stereocenters. The van der Waals surface area contributed by atoms with Crippen LogP contribution in [0.2, 0.25) is 5.02 Å². The number of nitrogens with zero attached hydrogens (tertiary/aromatic N) is 2. The lowest BCUT2D eigenvalue weighted by molar-refractivity contribution is 0.0949. The standard InChI is InChI=1S/C23H19ClN4O3/c24-17-8-9-21-27-18(13-28(21)12-17)11-26-23(30)16-5-3-4-15(10-16)14-31-20-7-2-1-6-19(20)22(25)29/h1-10,12-13H,11,14H2,(H2,25,29)(H,26,30). The SMILES string of the molecule is NC(=O)c1ccccc1OCc1cccc(C(=O)NCc2cn3cc(Cl)ccc3n2)c1. The molecule has 0 aliphatic carbocycles. The first kappa shape index (κ1) is 20.4. The van der Waals surface area contributed by atoms with Crippen LogP contribution < -0.4 is 15.8 Å². The summed E-state index contributed by atoms with van der Waals surface area (Å²) in [4.78, 5) is 28.6. The number of benzene rings is 2. The largest absolute Gasteiger partial charge is 0.488 e. The summed E-state index contributed by atoms with van der Waals surface area (Å²) in [5, 5.41) is 3.48. The van der Waals surface area contributed by atoms with E-state index in [1.807, 2.05) is 22.7 Å². The van der Waals surface area contributed by atoms with E-state index in [0.717, 1.165) is 16.9 Å². The number of nitrogens with one attached hydrogen (secondary N) is 1. The summed E-state index contributed by atoms with van der Waals surface area (Å²) in [6, 6.07) is 17.4. The summed E-state index contributed by atoms with van der Waals surface area (Å²) in [6.45, 7) is 0.476. The van der Waals surface area contributed by atoms with Gasteiger partial charge < -0.3 is 20.2 Å². The fourth-order valence-corrected chi connectivity index (χ4v) is 3.30. The molecule has 2 amide bonds. The number of hydrogen-bond acceptors (Lipinski definition) is 4. The highest BCUT2D eigenvalue weighted by molar-refractivity contribution is 6.30. The van der Waals surface area contributed by atoms with Gasteiger partial charge in [-0.25, -0.2) is 4.98 Å². The van der Waals surface area contributed by atoms with Crippen LogP contribution >= 0.6 is 11.6 Å². The van der Waals surface area contributed by atoms with Gasteiger partial charge in [0.1, 0.15) is 18.0 Å². The van der Waals surface area contributed by atoms with Crippen molar-refractivity contribution in [2.75, 3.05) is 0 Å². The fraction of sp³-hybridized carbons (Fsp3) is 0.0870. The van der Waals surface area contributed by atoms with E-state index >= 15 is 0 Å². The van der Waals surface area contributed by atoms with Crippen LogP contribution in [0.3, 0.4) is 0 Å². The minimum absolute atomic E-state index is 0.193. The Morgan fingerprint density at radius 3 is 2.74 bits per heavy atom. The topological polar surface area (TPSA) is 98.7 Å². The number of carbonyl (C=O) groups excluding carboxylic acids is 2. The zero-order chi connectivity index (χ0) is 21.8. The number of para-hydroxylation sites is 1. The lowest BCUT2D eigenvalue weighted by Crippen LogP contribution is -2.23. The molecule has 3 N–H and O–H groups in total. The van der Waals surface area contributed by atoms with Crippen LogP contribution in [0.1, 0.15) is 32.0 Å². The third-order valence-electron chi connectivity index (χ3n) is 4.63. The van der Waals surface area contributed by atoms with Gasteiger partial charge in [-0.3, -0.25) is 9.59 Å². The van der Waals surface area contributed by atoms with Crippen LogP contribution in [0, 0.1) is 0 Å². The van der Waals surface area contributed by atoms with Crippen molar-refractivity contribution in [3.05, 3.63) is 100 Å². The number of halogens is 1. The molecule has 2 heterocycles. The number of imidazole rings is 1. The number of rotatable bonds is 7. The molecule has 156 valence electrons. The van der Waals surface area contributed by atoms with Gasteiger partial charge in [0.25, 0.3) is 11.8 Å². The Morgan fingerprint density at radius 2 is 1.90 bits per heavy atom. The molecule has 7 nitrogen and oxygen atoms in total. The van der Waals surface area contributed by atoms with Crippen LogP contribution in [0.4, 0.5) is 0 Å². The summed E-state index contributed by atoms with van der Waals surface area (Å²) in [7, 11) is 0. The number of ether oxygens (including phenoxy) is 1. The molecule has 2 aromatic carbocycles. The van der Waals surface area contributed by atoms with Gasteiger partial charge in [-0.1, -0.05) is 35.9 Å². The summed E-state index contributed by atoms with van der Waals surface area (Å²) < 4.78 is 7.55. The molecule has 8 heteroatoms. The van der Waals surface area contributed by atoms with E-state index in [1.54, 1.807) is 54.7 Å². The van der Waals surface area contributed by atoms with E-state index in [1.165, 1.54) is 0 Å². The second-order valence-corrected chi connectivity index (χ2v) is 7.31. The third-order valence-corrected chi connectivity index (χ3v) is 4.85. The number of hydrogen-bond donors (Lipinski definition) is 2. The Bertz CT molecular complexity index is 1270. The van der Waals surface area contributed by atoms with Crippen molar-refractivity contribution in [3.8, 4) is 5.75 Å². The van der Waals surface area contributed by atoms with Crippen molar-refractivity contribution < 1.29 is 14.3 Å².